The molecular formula is C13H17F2NOS. The molecule has 0 spiro atoms. The Kier molecular flexibility index (Phi) is 6.12. The molecule has 1 rings (SSSR count). The van der Waals surface area contributed by atoms with Gasteiger partial charge in [0.25, 0.3) is 0 Å². The fourth-order valence-electron chi connectivity index (χ4n) is 1.43. The SMILES string of the molecule is CS[C@H](C)CCNC(=O)Cc1ccc(F)cc1F. The molecule has 0 heterocycles. The molecule has 100 valence electrons. The van der Waals surface area contributed by atoms with E-state index in [1.807, 2.05) is 6.26 Å². The number of carbonyl (C=O) groups is 1. The lowest BCUT2D eigenvalue weighted by molar-refractivity contribution is -0.120. The van der Waals surface area contributed by atoms with Gasteiger partial charge in [0.1, 0.15) is 11.6 Å². The van der Waals surface area contributed by atoms with Gasteiger partial charge in [0, 0.05) is 17.9 Å². The van der Waals surface area contributed by atoms with Crippen LogP contribution in [0.4, 0.5) is 8.78 Å². The number of hydrogen-bond acceptors (Lipinski definition) is 2. The summed E-state index contributed by atoms with van der Waals surface area (Å²) in [6.07, 6.45) is 2.83. The minimum atomic E-state index is -0.678. The first-order valence-corrected chi connectivity index (χ1v) is 7.05. The van der Waals surface area contributed by atoms with Crippen molar-refractivity contribution in [2.45, 2.75) is 25.0 Å². The van der Waals surface area contributed by atoms with E-state index in [9.17, 15) is 13.6 Å². The van der Waals surface area contributed by atoms with Crippen molar-refractivity contribution in [3.63, 3.8) is 0 Å². The van der Waals surface area contributed by atoms with Gasteiger partial charge in [0.2, 0.25) is 5.91 Å². The minimum Gasteiger partial charge on any atom is -0.356 e. The smallest absolute Gasteiger partial charge is 0.224 e. The first-order valence-electron chi connectivity index (χ1n) is 5.76. The van der Waals surface area contributed by atoms with Crippen LogP contribution in [0.2, 0.25) is 0 Å². The third kappa shape index (κ3) is 5.04. The summed E-state index contributed by atoms with van der Waals surface area (Å²) in [6, 6.07) is 3.24. The summed E-state index contributed by atoms with van der Waals surface area (Å²) < 4.78 is 26.0. The Hall–Kier alpha value is -1.10. The fraction of sp³-hybridized carbons (Fsp3) is 0.462. The summed E-state index contributed by atoms with van der Waals surface area (Å²) in [5.74, 6) is -1.55. The predicted octanol–water partition coefficient (Wildman–Crippen LogP) is 2.77. The van der Waals surface area contributed by atoms with Crippen molar-refractivity contribution in [3.8, 4) is 0 Å². The van der Waals surface area contributed by atoms with Crippen LogP contribution in [-0.4, -0.2) is 24.0 Å². The van der Waals surface area contributed by atoms with Crippen LogP contribution in [-0.2, 0) is 11.2 Å². The second kappa shape index (κ2) is 7.36. The minimum absolute atomic E-state index is 0.0558. The number of nitrogens with one attached hydrogen (secondary N) is 1. The molecule has 0 aliphatic carbocycles. The fourth-order valence-corrected chi connectivity index (χ4v) is 1.79. The van der Waals surface area contributed by atoms with Crippen LogP contribution in [0.3, 0.4) is 0 Å². The number of amides is 1. The zero-order chi connectivity index (χ0) is 13.5. The molecule has 0 saturated carbocycles. The van der Waals surface area contributed by atoms with Gasteiger partial charge in [-0.25, -0.2) is 8.78 Å². The van der Waals surface area contributed by atoms with Gasteiger partial charge in [-0.3, -0.25) is 4.79 Å². The predicted molar refractivity (Wildman–Crippen MR) is 70.7 cm³/mol. The van der Waals surface area contributed by atoms with Gasteiger partial charge in [0.15, 0.2) is 0 Å². The monoisotopic (exact) mass is 273 g/mol. The van der Waals surface area contributed by atoms with Gasteiger partial charge in [-0.15, -0.1) is 0 Å². The van der Waals surface area contributed by atoms with E-state index in [1.165, 1.54) is 6.07 Å². The molecule has 1 aromatic rings. The molecular weight excluding hydrogens is 256 g/mol. The normalized spacial score (nSPS) is 12.2. The highest BCUT2D eigenvalue weighted by Crippen LogP contribution is 2.10. The summed E-state index contributed by atoms with van der Waals surface area (Å²) in [5.41, 5.74) is 0.215. The zero-order valence-corrected chi connectivity index (χ0v) is 11.3. The third-order valence-electron chi connectivity index (χ3n) is 2.64. The molecule has 1 amide bonds. The van der Waals surface area contributed by atoms with E-state index in [2.05, 4.69) is 12.2 Å². The van der Waals surface area contributed by atoms with E-state index in [0.717, 1.165) is 18.6 Å². The average molecular weight is 273 g/mol. The van der Waals surface area contributed by atoms with E-state index >= 15 is 0 Å². The number of hydrogen-bond donors (Lipinski definition) is 1. The standard InChI is InChI=1S/C13H17F2NOS/c1-9(18-2)5-6-16-13(17)7-10-3-4-11(14)8-12(10)15/h3-4,8-9H,5-7H2,1-2H3,(H,16,17)/t9-/m1/s1. The van der Waals surface area contributed by atoms with Crippen LogP contribution >= 0.6 is 11.8 Å². The summed E-state index contributed by atoms with van der Waals surface area (Å²) in [6.45, 7) is 2.65. The molecule has 0 radical (unpaired) electrons. The van der Waals surface area contributed by atoms with Crippen molar-refractivity contribution in [1.82, 2.24) is 5.32 Å². The van der Waals surface area contributed by atoms with Crippen LogP contribution < -0.4 is 5.32 Å². The maximum Gasteiger partial charge on any atom is 0.224 e. The molecule has 0 aliphatic rings. The summed E-state index contributed by atoms with van der Waals surface area (Å²) >= 11 is 1.73. The van der Waals surface area contributed by atoms with Crippen LogP contribution in [0.1, 0.15) is 18.9 Å². The van der Waals surface area contributed by atoms with Crippen molar-refractivity contribution in [3.05, 3.63) is 35.4 Å². The van der Waals surface area contributed by atoms with Crippen molar-refractivity contribution in [1.29, 1.82) is 0 Å². The molecule has 2 nitrogen and oxygen atoms in total. The lowest BCUT2D eigenvalue weighted by atomic mass is 10.1. The first-order chi connectivity index (χ1) is 8.52. The molecule has 18 heavy (non-hydrogen) atoms. The molecule has 0 saturated heterocycles. The van der Waals surface area contributed by atoms with Crippen molar-refractivity contribution < 1.29 is 13.6 Å². The highest BCUT2D eigenvalue weighted by Gasteiger charge is 2.09. The van der Waals surface area contributed by atoms with E-state index in [0.29, 0.717) is 11.8 Å². The summed E-state index contributed by atoms with van der Waals surface area (Å²) in [5, 5.41) is 3.21. The van der Waals surface area contributed by atoms with Crippen molar-refractivity contribution in [2.24, 2.45) is 0 Å². The topological polar surface area (TPSA) is 29.1 Å². The quantitative estimate of drug-likeness (QED) is 0.863. The largest absolute Gasteiger partial charge is 0.356 e. The number of thioether (sulfide) groups is 1. The molecule has 5 heteroatoms. The first kappa shape index (κ1) is 15.0. The lowest BCUT2D eigenvalue weighted by Crippen LogP contribution is -2.27. The van der Waals surface area contributed by atoms with Gasteiger partial charge >= 0.3 is 0 Å². The molecule has 1 atom stereocenters. The molecule has 0 bridgehead atoms. The van der Waals surface area contributed by atoms with Gasteiger partial charge in [0.05, 0.1) is 6.42 Å². The van der Waals surface area contributed by atoms with Gasteiger partial charge < -0.3 is 5.32 Å². The van der Waals surface area contributed by atoms with Gasteiger partial charge in [-0.2, -0.15) is 11.8 Å². The molecule has 0 aromatic heterocycles. The molecule has 1 aromatic carbocycles. The highest BCUT2D eigenvalue weighted by molar-refractivity contribution is 7.99. The summed E-state index contributed by atoms with van der Waals surface area (Å²) in [4.78, 5) is 11.5. The average Bonchev–Trinajstić information content (AvgIpc) is 2.32. The molecule has 0 fully saturated rings. The number of rotatable bonds is 6. The van der Waals surface area contributed by atoms with Crippen LogP contribution in [0.15, 0.2) is 18.2 Å². The van der Waals surface area contributed by atoms with Gasteiger partial charge in [-0.05, 0) is 24.3 Å². The van der Waals surface area contributed by atoms with E-state index in [1.54, 1.807) is 11.8 Å². The van der Waals surface area contributed by atoms with E-state index in [4.69, 9.17) is 0 Å². The number of carbonyl (C=O) groups excluding carboxylic acids is 1. The van der Waals surface area contributed by atoms with E-state index in [-0.39, 0.29) is 17.9 Å². The second-order valence-electron chi connectivity index (χ2n) is 4.10. The Labute approximate surface area is 110 Å². The maximum atomic E-state index is 13.3. The molecule has 1 N–H and O–H groups in total. The maximum absolute atomic E-state index is 13.3. The number of halogens is 2. The van der Waals surface area contributed by atoms with Crippen LogP contribution in [0, 0.1) is 11.6 Å². The highest BCUT2D eigenvalue weighted by atomic mass is 32.2. The molecule has 0 unspecified atom stereocenters. The molecule has 0 aliphatic heterocycles. The van der Waals surface area contributed by atoms with Crippen molar-refractivity contribution >= 4 is 17.7 Å². The Morgan fingerprint density at radius 2 is 2.17 bits per heavy atom. The third-order valence-corrected chi connectivity index (χ3v) is 3.68. The Bertz CT molecular complexity index is 412. The Morgan fingerprint density at radius 3 is 2.78 bits per heavy atom. The zero-order valence-electron chi connectivity index (χ0n) is 10.5. The van der Waals surface area contributed by atoms with Gasteiger partial charge in [-0.1, -0.05) is 13.0 Å². The van der Waals surface area contributed by atoms with Crippen LogP contribution in [0.5, 0.6) is 0 Å². The number of benzene rings is 1. The Balaban J connectivity index is 2.40. The van der Waals surface area contributed by atoms with E-state index < -0.39 is 11.6 Å². The van der Waals surface area contributed by atoms with Crippen molar-refractivity contribution in [2.75, 3.05) is 12.8 Å². The Morgan fingerprint density at radius 1 is 1.44 bits per heavy atom. The summed E-state index contributed by atoms with van der Waals surface area (Å²) in [7, 11) is 0. The second-order valence-corrected chi connectivity index (χ2v) is 5.37. The lowest BCUT2D eigenvalue weighted by Gasteiger charge is -2.09. The van der Waals surface area contributed by atoms with Crippen LogP contribution in [0.25, 0.3) is 0 Å².